The molecule has 0 aromatic rings. The van der Waals surface area contributed by atoms with Crippen LogP contribution in [-0.4, -0.2) is 49.8 Å². The lowest BCUT2D eigenvalue weighted by Gasteiger charge is -2.34. The van der Waals surface area contributed by atoms with Crippen molar-refractivity contribution in [2.45, 2.75) is 70.9 Å². The Hall–Kier alpha value is -0.120. The van der Waals surface area contributed by atoms with E-state index in [1.165, 1.54) is 51.6 Å². The molecule has 2 rings (SSSR count). The molecule has 2 fully saturated rings. The van der Waals surface area contributed by atoms with Gasteiger partial charge in [0.15, 0.2) is 0 Å². The first-order valence-electron chi connectivity index (χ1n) is 8.87. The predicted molar refractivity (Wildman–Crippen MR) is 85.1 cm³/mol. The van der Waals surface area contributed by atoms with Gasteiger partial charge < -0.3 is 10.1 Å². The number of nitrogens with zero attached hydrogens (tertiary/aromatic N) is 1. The summed E-state index contributed by atoms with van der Waals surface area (Å²) in [6, 6.07) is 0.765. The Bertz CT molecular complexity index is 259. The van der Waals surface area contributed by atoms with Crippen molar-refractivity contribution in [2.24, 2.45) is 5.92 Å². The summed E-state index contributed by atoms with van der Waals surface area (Å²) >= 11 is 0. The minimum Gasteiger partial charge on any atom is -0.377 e. The van der Waals surface area contributed by atoms with E-state index in [-0.39, 0.29) is 0 Å². The average Bonchev–Trinajstić information content (AvgIpc) is 2.48. The van der Waals surface area contributed by atoms with Crippen LogP contribution in [0.5, 0.6) is 0 Å². The van der Waals surface area contributed by atoms with Crippen molar-refractivity contribution in [1.82, 2.24) is 10.2 Å². The molecule has 3 unspecified atom stereocenters. The quantitative estimate of drug-likeness (QED) is 0.777. The number of ether oxygens (including phenoxy) is 1. The summed E-state index contributed by atoms with van der Waals surface area (Å²) in [6.45, 7) is 10.3. The van der Waals surface area contributed by atoms with Gasteiger partial charge in [0.2, 0.25) is 0 Å². The van der Waals surface area contributed by atoms with Crippen LogP contribution in [0.3, 0.4) is 0 Å². The summed E-state index contributed by atoms with van der Waals surface area (Å²) in [5.74, 6) is 0.866. The first-order chi connectivity index (χ1) is 9.79. The van der Waals surface area contributed by atoms with Crippen LogP contribution in [0.25, 0.3) is 0 Å². The highest BCUT2D eigenvalue weighted by atomic mass is 16.5. The number of hydrogen-bond donors (Lipinski definition) is 1. The Balaban J connectivity index is 1.60. The normalized spacial score (nSPS) is 32.4. The molecule has 3 heteroatoms. The molecule has 0 bridgehead atoms. The van der Waals surface area contributed by atoms with E-state index < -0.39 is 0 Å². The van der Waals surface area contributed by atoms with Gasteiger partial charge in [-0.15, -0.1) is 0 Å². The van der Waals surface area contributed by atoms with Crippen molar-refractivity contribution in [1.29, 1.82) is 0 Å². The van der Waals surface area contributed by atoms with E-state index in [0.717, 1.165) is 38.1 Å². The summed E-state index contributed by atoms with van der Waals surface area (Å²) in [6.07, 6.45) is 9.81. The Kier molecular flexibility index (Phi) is 7.32. The highest BCUT2D eigenvalue weighted by molar-refractivity contribution is 4.79. The van der Waals surface area contributed by atoms with E-state index >= 15 is 0 Å². The highest BCUT2D eigenvalue weighted by Crippen LogP contribution is 2.23. The van der Waals surface area contributed by atoms with E-state index in [9.17, 15) is 0 Å². The van der Waals surface area contributed by atoms with Crippen LogP contribution >= 0.6 is 0 Å². The van der Waals surface area contributed by atoms with Crippen molar-refractivity contribution >= 4 is 0 Å². The third-order valence-corrected chi connectivity index (χ3v) is 4.97. The molecule has 1 N–H and O–H groups in total. The SMILES string of the molecule is CCCOC1CCCN(CCNC2CCCCC2C)C1. The zero-order chi connectivity index (χ0) is 14.2. The Labute approximate surface area is 125 Å². The van der Waals surface area contributed by atoms with E-state index in [4.69, 9.17) is 4.74 Å². The molecule has 1 saturated carbocycles. The van der Waals surface area contributed by atoms with E-state index in [1.54, 1.807) is 0 Å². The molecule has 3 nitrogen and oxygen atoms in total. The van der Waals surface area contributed by atoms with Crippen LogP contribution in [0.4, 0.5) is 0 Å². The zero-order valence-corrected chi connectivity index (χ0v) is 13.6. The fourth-order valence-electron chi connectivity index (χ4n) is 3.66. The molecule has 1 heterocycles. The smallest absolute Gasteiger partial charge is 0.0702 e. The van der Waals surface area contributed by atoms with Gasteiger partial charge in [0.1, 0.15) is 0 Å². The van der Waals surface area contributed by atoms with Crippen LogP contribution < -0.4 is 5.32 Å². The lowest BCUT2D eigenvalue weighted by atomic mass is 9.86. The third-order valence-electron chi connectivity index (χ3n) is 4.97. The molecule has 0 radical (unpaired) electrons. The van der Waals surface area contributed by atoms with Crippen molar-refractivity contribution in [3.8, 4) is 0 Å². The van der Waals surface area contributed by atoms with Crippen LogP contribution in [-0.2, 0) is 4.74 Å². The van der Waals surface area contributed by atoms with Crippen molar-refractivity contribution in [2.75, 3.05) is 32.8 Å². The highest BCUT2D eigenvalue weighted by Gasteiger charge is 2.22. The molecule has 0 spiro atoms. The average molecular weight is 282 g/mol. The maximum Gasteiger partial charge on any atom is 0.0702 e. The van der Waals surface area contributed by atoms with Crippen LogP contribution in [0, 0.1) is 5.92 Å². The molecule has 3 atom stereocenters. The molecule has 1 saturated heterocycles. The molecule has 0 aromatic carbocycles. The fraction of sp³-hybridized carbons (Fsp3) is 1.00. The molecule has 20 heavy (non-hydrogen) atoms. The number of piperidine rings is 1. The maximum absolute atomic E-state index is 5.91. The Morgan fingerprint density at radius 1 is 1.15 bits per heavy atom. The molecule has 0 amide bonds. The summed E-state index contributed by atoms with van der Waals surface area (Å²) in [5.41, 5.74) is 0. The van der Waals surface area contributed by atoms with Crippen LogP contribution in [0.15, 0.2) is 0 Å². The Morgan fingerprint density at radius 3 is 2.80 bits per heavy atom. The summed E-state index contributed by atoms with van der Waals surface area (Å²) in [7, 11) is 0. The first-order valence-corrected chi connectivity index (χ1v) is 8.87. The van der Waals surface area contributed by atoms with Gasteiger partial charge >= 0.3 is 0 Å². The summed E-state index contributed by atoms with van der Waals surface area (Å²) < 4.78 is 5.91. The molecule has 0 aromatic heterocycles. The number of likely N-dealkylation sites (tertiary alicyclic amines) is 1. The van der Waals surface area contributed by atoms with Crippen molar-refractivity contribution in [3.05, 3.63) is 0 Å². The van der Waals surface area contributed by atoms with Gasteiger partial charge in [-0.25, -0.2) is 0 Å². The zero-order valence-electron chi connectivity index (χ0n) is 13.6. The summed E-state index contributed by atoms with van der Waals surface area (Å²) in [4.78, 5) is 2.59. The van der Waals surface area contributed by atoms with Gasteiger partial charge in [0.05, 0.1) is 6.10 Å². The number of nitrogens with one attached hydrogen (secondary N) is 1. The minimum atomic E-state index is 0.484. The van der Waals surface area contributed by atoms with E-state index in [0.29, 0.717) is 6.10 Å². The monoisotopic (exact) mass is 282 g/mol. The second-order valence-corrected chi connectivity index (χ2v) is 6.76. The molecular formula is C17H34N2O. The van der Waals surface area contributed by atoms with E-state index in [1.807, 2.05) is 0 Å². The first kappa shape index (κ1) is 16.3. The molecule has 2 aliphatic rings. The standard InChI is InChI=1S/C17H34N2O/c1-3-13-20-16-8-6-11-19(14-16)12-10-18-17-9-5-4-7-15(17)2/h15-18H,3-14H2,1-2H3. The second-order valence-electron chi connectivity index (χ2n) is 6.76. The van der Waals surface area contributed by atoms with Crippen LogP contribution in [0.2, 0.25) is 0 Å². The van der Waals surface area contributed by atoms with Gasteiger partial charge in [-0.1, -0.05) is 26.7 Å². The van der Waals surface area contributed by atoms with Crippen molar-refractivity contribution in [3.63, 3.8) is 0 Å². The van der Waals surface area contributed by atoms with Gasteiger partial charge in [0, 0.05) is 32.3 Å². The number of rotatable bonds is 7. The van der Waals surface area contributed by atoms with Gasteiger partial charge in [0.25, 0.3) is 0 Å². The van der Waals surface area contributed by atoms with Crippen LogP contribution in [0.1, 0.15) is 58.8 Å². The summed E-state index contributed by atoms with van der Waals surface area (Å²) in [5, 5.41) is 3.79. The fourth-order valence-corrected chi connectivity index (χ4v) is 3.66. The maximum atomic E-state index is 5.91. The molecule has 118 valence electrons. The molecule has 1 aliphatic carbocycles. The second kappa shape index (κ2) is 9.01. The van der Waals surface area contributed by atoms with Gasteiger partial charge in [-0.05, 0) is 44.6 Å². The third kappa shape index (κ3) is 5.34. The molecular weight excluding hydrogens is 248 g/mol. The van der Waals surface area contributed by atoms with Crippen molar-refractivity contribution < 1.29 is 4.74 Å². The topological polar surface area (TPSA) is 24.5 Å². The Morgan fingerprint density at radius 2 is 2.00 bits per heavy atom. The molecule has 1 aliphatic heterocycles. The minimum absolute atomic E-state index is 0.484. The van der Waals surface area contributed by atoms with Gasteiger partial charge in [-0.3, -0.25) is 4.90 Å². The number of hydrogen-bond acceptors (Lipinski definition) is 3. The van der Waals surface area contributed by atoms with Gasteiger partial charge in [-0.2, -0.15) is 0 Å². The predicted octanol–water partition coefficient (Wildman–Crippen LogP) is 3.05. The largest absolute Gasteiger partial charge is 0.377 e. The lowest BCUT2D eigenvalue weighted by Crippen LogP contribution is -2.45. The van der Waals surface area contributed by atoms with E-state index in [2.05, 4.69) is 24.1 Å². The lowest BCUT2D eigenvalue weighted by molar-refractivity contribution is 0.0000498.